The van der Waals surface area contributed by atoms with Crippen molar-refractivity contribution in [2.24, 2.45) is 5.92 Å². The number of ketones is 1. The number of carbonyl (C=O) groups is 2. The van der Waals surface area contributed by atoms with Gasteiger partial charge in [-0.1, -0.05) is 19.3 Å². The topological polar surface area (TPSA) is 43.4 Å². The minimum atomic E-state index is -0.290. The van der Waals surface area contributed by atoms with Crippen molar-refractivity contribution in [1.82, 2.24) is 0 Å². The summed E-state index contributed by atoms with van der Waals surface area (Å²) in [6.07, 6.45) is 7.43. The van der Waals surface area contributed by atoms with E-state index in [4.69, 9.17) is 4.74 Å². The van der Waals surface area contributed by atoms with E-state index in [1.807, 2.05) is 0 Å². The molecule has 0 radical (unpaired) electrons. The molecular weight excluding hydrogens is 236 g/mol. The second kappa shape index (κ2) is 5.71. The monoisotopic (exact) mass is 254 g/mol. The fourth-order valence-corrected chi connectivity index (χ4v) is 3.90. The molecule has 1 saturated carbocycles. The van der Waals surface area contributed by atoms with Crippen LogP contribution in [0.2, 0.25) is 0 Å². The van der Waals surface area contributed by atoms with Crippen molar-refractivity contribution in [3.05, 3.63) is 11.0 Å². The summed E-state index contributed by atoms with van der Waals surface area (Å²) in [5, 5.41) is 0.403. The fraction of sp³-hybridized carbons (Fsp3) is 0.692. The minimum absolute atomic E-state index is 0.198. The summed E-state index contributed by atoms with van der Waals surface area (Å²) in [4.78, 5) is 23.7. The number of fused-ring (bicyclic) bond motifs is 1. The van der Waals surface area contributed by atoms with Gasteiger partial charge in [0.1, 0.15) is 6.61 Å². The van der Waals surface area contributed by atoms with E-state index in [1.165, 1.54) is 26.2 Å². The van der Waals surface area contributed by atoms with Gasteiger partial charge >= 0.3 is 5.97 Å². The first-order valence-corrected chi connectivity index (χ1v) is 7.09. The molecule has 0 saturated heterocycles. The van der Waals surface area contributed by atoms with Gasteiger partial charge in [0.05, 0.1) is 0 Å². The van der Waals surface area contributed by atoms with Crippen molar-refractivity contribution >= 4 is 23.5 Å². The maximum Gasteiger partial charge on any atom is 0.302 e. The van der Waals surface area contributed by atoms with Gasteiger partial charge in [0.15, 0.2) is 5.78 Å². The van der Waals surface area contributed by atoms with Crippen molar-refractivity contribution in [3.8, 4) is 0 Å². The molecule has 0 bridgehead atoms. The third-order valence-electron chi connectivity index (χ3n) is 3.34. The van der Waals surface area contributed by atoms with Crippen molar-refractivity contribution < 1.29 is 14.3 Å². The lowest BCUT2D eigenvalue weighted by molar-refractivity contribution is -0.139. The van der Waals surface area contributed by atoms with Gasteiger partial charge in [-0.15, -0.1) is 11.8 Å². The predicted octanol–water partition coefficient (Wildman–Crippen LogP) is 2.70. The molecule has 1 aliphatic heterocycles. The van der Waals surface area contributed by atoms with Crippen LogP contribution in [-0.4, -0.2) is 23.6 Å². The molecular formula is C13H18O3S. The van der Waals surface area contributed by atoms with Crippen LogP contribution in [0.25, 0.3) is 0 Å². The lowest BCUT2D eigenvalue weighted by atomic mass is 9.94. The molecule has 1 heterocycles. The highest BCUT2D eigenvalue weighted by Gasteiger charge is 2.33. The summed E-state index contributed by atoms with van der Waals surface area (Å²) >= 11 is 1.74. The third-order valence-corrected chi connectivity index (χ3v) is 4.75. The van der Waals surface area contributed by atoms with E-state index < -0.39 is 0 Å². The Balaban J connectivity index is 2.02. The molecule has 0 amide bonds. The molecule has 0 N–H and O–H groups in total. The zero-order chi connectivity index (χ0) is 12.3. The fourth-order valence-electron chi connectivity index (χ4n) is 2.48. The first-order valence-electron chi connectivity index (χ1n) is 6.21. The quantitative estimate of drug-likeness (QED) is 0.711. The number of carbonyl (C=O) groups excluding carboxylic acids is 2. The zero-order valence-corrected chi connectivity index (χ0v) is 10.9. The highest BCUT2D eigenvalue weighted by molar-refractivity contribution is 8.03. The Labute approximate surface area is 106 Å². The van der Waals surface area contributed by atoms with E-state index in [0.29, 0.717) is 5.25 Å². The van der Waals surface area contributed by atoms with Crippen LogP contribution in [0.3, 0.4) is 0 Å². The van der Waals surface area contributed by atoms with Gasteiger partial charge in [-0.2, -0.15) is 0 Å². The van der Waals surface area contributed by atoms with Crippen LogP contribution in [0.4, 0.5) is 0 Å². The zero-order valence-electron chi connectivity index (χ0n) is 10.1. The van der Waals surface area contributed by atoms with Gasteiger partial charge in [0.2, 0.25) is 0 Å². The molecule has 17 heavy (non-hydrogen) atoms. The van der Waals surface area contributed by atoms with E-state index in [0.717, 1.165) is 17.7 Å². The molecule has 2 unspecified atom stereocenters. The summed E-state index contributed by atoms with van der Waals surface area (Å²) in [5.41, 5.74) is 0. The van der Waals surface area contributed by atoms with Gasteiger partial charge < -0.3 is 4.74 Å². The SMILES string of the molecule is CC(=O)OCC1=CC(=O)C2CCCCCC2S1. The Morgan fingerprint density at radius 2 is 2.18 bits per heavy atom. The lowest BCUT2D eigenvalue weighted by Gasteiger charge is -2.27. The van der Waals surface area contributed by atoms with E-state index in [9.17, 15) is 9.59 Å². The molecule has 0 aromatic rings. The van der Waals surface area contributed by atoms with Crippen LogP contribution >= 0.6 is 11.8 Å². The molecule has 4 heteroatoms. The number of hydrogen-bond acceptors (Lipinski definition) is 4. The van der Waals surface area contributed by atoms with Gasteiger partial charge in [0.25, 0.3) is 0 Å². The Morgan fingerprint density at radius 1 is 1.41 bits per heavy atom. The number of ether oxygens (including phenoxy) is 1. The van der Waals surface area contributed by atoms with Crippen LogP contribution in [0.5, 0.6) is 0 Å². The van der Waals surface area contributed by atoms with Gasteiger partial charge in [-0.25, -0.2) is 0 Å². The second-order valence-corrected chi connectivity index (χ2v) is 6.06. The number of rotatable bonds is 2. The Morgan fingerprint density at radius 3 is 2.94 bits per heavy atom. The summed E-state index contributed by atoms with van der Waals surface area (Å²) in [6, 6.07) is 0. The van der Waals surface area contributed by atoms with E-state index in [1.54, 1.807) is 17.8 Å². The number of allylic oxidation sites excluding steroid dienone is 1. The molecule has 0 spiro atoms. The highest BCUT2D eigenvalue weighted by Crippen LogP contribution is 2.40. The van der Waals surface area contributed by atoms with Crippen molar-refractivity contribution in [2.45, 2.75) is 44.3 Å². The third kappa shape index (κ3) is 3.35. The average molecular weight is 254 g/mol. The molecule has 3 nitrogen and oxygen atoms in total. The largest absolute Gasteiger partial charge is 0.460 e. The molecule has 2 rings (SSSR count). The van der Waals surface area contributed by atoms with Crippen LogP contribution in [-0.2, 0) is 14.3 Å². The molecule has 94 valence electrons. The summed E-state index contributed by atoms with van der Waals surface area (Å²) in [6.45, 7) is 1.65. The van der Waals surface area contributed by atoms with Crippen molar-refractivity contribution in [3.63, 3.8) is 0 Å². The number of thioether (sulfide) groups is 1. The maximum absolute atomic E-state index is 12.0. The van der Waals surface area contributed by atoms with Crippen molar-refractivity contribution in [1.29, 1.82) is 0 Å². The Kier molecular flexibility index (Phi) is 4.26. The maximum atomic E-state index is 12.0. The summed E-state index contributed by atoms with van der Waals surface area (Å²) in [7, 11) is 0. The highest BCUT2D eigenvalue weighted by atomic mass is 32.2. The van der Waals surface area contributed by atoms with Crippen LogP contribution in [0.15, 0.2) is 11.0 Å². The lowest BCUT2D eigenvalue weighted by Crippen LogP contribution is -2.28. The molecule has 2 atom stereocenters. The van der Waals surface area contributed by atoms with E-state index in [-0.39, 0.29) is 24.3 Å². The first-order chi connectivity index (χ1) is 8.16. The normalized spacial score (nSPS) is 29.0. The molecule has 0 aromatic carbocycles. The number of hydrogen-bond donors (Lipinski definition) is 0. The van der Waals surface area contributed by atoms with E-state index in [2.05, 4.69) is 0 Å². The number of esters is 1. The summed E-state index contributed by atoms with van der Waals surface area (Å²) < 4.78 is 4.96. The molecule has 2 aliphatic rings. The van der Waals surface area contributed by atoms with Crippen LogP contribution in [0, 0.1) is 5.92 Å². The minimum Gasteiger partial charge on any atom is -0.460 e. The molecule has 1 aliphatic carbocycles. The van der Waals surface area contributed by atoms with Gasteiger partial charge in [-0.3, -0.25) is 9.59 Å². The Hall–Kier alpha value is -0.770. The van der Waals surface area contributed by atoms with Gasteiger partial charge in [0, 0.05) is 23.0 Å². The average Bonchev–Trinajstić information content (AvgIpc) is 2.51. The van der Waals surface area contributed by atoms with Crippen LogP contribution < -0.4 is 0 Å². The van der Waals surface area contributed by atoms with Gasteiger partial charge in [-0.05, 0) is 18.9 Å². The predicted molar refractivity (Wildman–Crippen MR) is 67.7 cm³/mol. The smallest absolute Gasteiger partial charge is 0.302 e. The Bertz CT molecular complexity index is 349. The molecule has 0 aromatic heterocycles. The second-order valence-electron chi connectivity index (χ2n) is 4.69. The van der Waals surface area contributed by atoms with Crippen molar-refractivity contribution in [2.75, 3.05) is 6.61 Å². The standard InChI is InChI=1S/C13H18O3S/c1-9(14)16-8-10-7-12(15)11-5-3-2-4-6-13(11)17-10/h7,11,13H,2-6,8H2,1H3. The molecule has 1 fully saturated rings. The van der Waals surface area contributed by atoms with E-state index >= 15 is 0 Å². The van der Waals surface area contributed by atoms with Crippen LogP contribution in [0.1, 0.15) is 39.0 Å². The first kappa shape index (κ1) is 12.7. The summed E-state index contributed by atoms with van der Waals surface area (Å²) in [5.74, 6) is 0.142.